The van der Waals surface area contributed by atoms with Crippen molar-refractivity contribution in [3.63, 3.8) is 0 Å². The van der Waals surface area contributed by atoms with E-state index in [2.05, 4.69) is 0 Å². The number of hydrogen-bond donors (Lipinski definition) is 2. The van der Waals surface area contributed by atoms with Gasteiger partial charge in [-0.15, -0.1) is 0 Å². The molecule has 0 aromatic heterocycles. The van der Waals surface area contributed by atoms with Crippen LogP contribution in [-0.2, 0) is 22.7 Å². The number of nitrogens with zero attached hydrogens (tertiary/aromatic N) is 1. The minimum atomic E-state index is -1.17. The van der Waals surface area contributed by atoms with E-state index >= 15 is 0 Å². The second kappa shape index (κ2) is 9.22. The van der Waals surface area contributed by atoms with E-state index in [0.717, 1.165) is 11.1 Å². The molecular weight excluding hydrogens is 378 g/mol. The smallest absolute Gasteiger partial charge is 0.254 e. The second-order valence-corrected chi connectivity index (χ2v) is 7.51. The number of ether oxygens (including phenoxy) is 1. The molecule has 3 aromatic carbocycles. The third kappa shape index (κ3) is 4.28. The summed E-state index contributed by atoms with van der Waals surface area (Å²) in [5.74, 6) is -0.181. The largest absolute Gasteiger partial charge is 0.388 e. The first-order chi connectivity index (χ1) is 14.6. The van der Waals surface area contributed by atoms with Gasteiger partial charge in [0.15, 0.2) is 6.10 Å². The molecule has 154 valence electrons. The summed E-state index contributed by atoms with van der Waals surface area (Å²) in [4.78, 5) is 14.5. The van der Waals surface area contributed by atoms with Crippen LogP contribution in [0.3, 0.4) is 0 Å². The van der Waals surface area contributed by atoms with E-state index in [0.29, 0.717) is 12.1 Å². The molecule has 0 spiro atoms. The molecule has 0 radical (unpaired) electrons. The molecule has 4 rings (SSSR count). The molecule has 30 heavy (non-hydrogen) atoms. The SMILES string of the molecule is O=C1[C@H](OCc2ccccc2)[C@H]([C@@H](O)[C@H](O)c2ccccc2)N1Cc1ccccc1. The standard InChI is InChI=1S/C25H25NO4/c27-22(20-14-8-3-9-15-20)23(28)21-24(30-17-19-12-6-2-7-13-19)25(29)26(21)16-18-10-4-1-5-11-18/h1-15,21-24,27-28H,16-17H2/t21-,22+,23+,24+/m0/s1. The van der Waals surface area contributed by atoms with Gasteiger partial charge in [0, 0.05) is 6.54 Å². The van der Waals surface area contributed by atoms with Crippen LogP contribution < -0.4 is 0 Å². The first kappa shape index (κ1) is 20.3. The molecule has 2 N–H and O–H groups in total. The van der Waals surface area contributed by atoms with Crippen LogP contribution in [0.15, 0.2) is 91.0 Å². The molecule has 4 atom stereocenters. The molecule has 5 nitrogen and oxygen atoms in total. The summed E-state index contributed by atoms with van der Waals surface area (Å²) >= 11 is 0. The van der Waals surface area contributed by atoms with Crippen molar-refractivity contribution < 1.29 is 19.7 Å². The molecule has 1 heterocycles. The van der Waals surface area contributed by atoms with Crippen LogP contribution in [0.4, 0.5) is 0 Å². The number of hydrogen-bond acceptors (Lipinski definition) is 4. The van der Waals surface area contributed by atoms with Gasteiger partial charge < -0.3 is 19.8 Å². The average Bonchev–Trinajstić information content (AvgIpc) is 2.81. The van der Waals surface area contributed by atoms with Crippen molar-refractivity contribution in [2.24, 2.45) is 0 Å². The highest BCUT2D eigenvalue weighted by atomic mass is 16.5. The Morgan fingerprint density at radius 3 is 1.93 bits per heavy atom. The Morgan fingerprint density at radius 2 is 1.33 bits per heavy atom. The Balaban J connectivity index is 1.53. The van der Waals surface area contributed by atoms with Gasteiger partial charge in [-0.05, 0) is 16.7 Å². The Hall–Kier alpha value is -2.99. The number of amides is 1. The van der Waals surface area contributed by atoms with E-state index in [1.165, 1.54) is 0 Å². The Bertz CT molecular complexity index is 949. The van der Waals surface area contributed by atoms with Crippen molar-refractivity contribution in [3.8, 4) is 0 Å². The number of rotatable bonds is 8. The molecule has 3 aromatic rings. The van der Waals surface area contributed by atoms with E-state index in [-0.39, 0.29) is 12.5 Å². The van der Waals surface area contributed by atoms with Crippen molar-refractivity contribution in [1.29, 1.82) is 0 Å². The lowest BCUT2D eigenvalue weighted by molar-refractivity contribution is -0.195. The molecule has 1 amide bonds. The van der Waals surface area contributed by atoms with E-state index in [9.17, 15) is 15.0 Å². The van der Waals surface area contributed by atoms with Gasteiger partial charge in [-0.3, -0.25) is 4.79 Å². The lowest BCUT2D eigenvalue weighted by atomic mass is 9.86. The normalized spacial score (nSPS) is 20.5. The molecule has 0 aliphatic carbocycles. The van der Waals surface area contributed by atoms with E-state index < -0.39 is 24.4 Å². The number of aliphatic hydroxyl groups is 2. The van der Waals surface area contributed by atoms with Gasteiger partial charge >= 0.3 is 0 Å². The van der Waals surface area contributed by atoms with Crippen LogP contribution in [0, 0.1) is 0 Å². The number of β-lactam (4-membered cyclic amide) rings is 1. The number of aliphatic hydroxyl groups excluding tert-OH is 2. The van der Waals surface area contributed by atoms with Gasteiger partial charge in [0.05, 0.1) is 12.6 Å². The fourth-order valence-corrected chi connectivity index (χ4v) is 3.83. The minimum Gasteiger partial charge on any atom is -0.388 e. The zero-order valence-corrected chi connectivity index (χ0v) is 16.5. The Morgan fingerprint density at radius 1 is 0.800 bits per heavy atom. The van der Waals surface area contributed by atoms with Crippen LogP contribution >= 0.6 is 0 Å². The molecular formula is C25H25NO4. The van der Waals surface area contributed by atoms with Crippen molar-refractivity contribution >= 4 is 5.91 Å². The maximum Gasteiger partial charge on any atom is 0.254 e. The number of likely N-dealkylation sites (tertiary alicyclic amines) is 1. The predicted molar refractivity (Wildman–Crippen MR) is 113 cm³/mol. The van der Waals surface area contributed by atoms with Crippen LogP contribution in [0.25, 0.3) is 0 Å². The molecule has 0 bridgehead atoms. The number of carbonyl (C=O) groups excluding carboxylic acids is 1. The fourth-order valence-electron chi connectivity index (χ4n) is 3.83. The number of carbonyl (C=O) groups is 1. The summed E-state index contributed by atoms with van der Waals surface area (Å²) in [6, 6.07) is 27.5. The van der Waals surface area contributed by atoms with Gasteiger partial charge in [0.25, 0.3) is 5.91 Å². The maximum atomic E-state index is 12.9. The van der Waals surface area contributed by atoms with Crippen LogP contribution in [0.5, 0.6) is 0 Å². The molecule has 0 saturated carbocycles. The van der Waals surface area contributed by atoms with Gasteiger partial charge in [0.1, 0.15) is 12.2 Å². The molecule has 5 heteroatoms. The van der Waals surface area contributed by atoms with Gasteiger partial charge in [-0.1, -0.05) is 91.0 Å². The molecule has 1 saturated heterocycles. The first-order valence-corrected chi connectivity index (χ1v) is 10.1. The van der Waals surface area contributed by atoms with Crippen molar-refractivity contribution in [1.82, 2.24) is 4.90 Å². The zero-order chi connectivity index (χ0) is 20.9. The third-order valence-electron chi connectivity index (χ3n) is 5.48. The van der Waals surface area contributed by atoms with Gasteiger partial charge in [-0.25, -0.2) is 0 Å². The fraction of sp³-hybridized carbons (Fsp3) is 0.240. The summed E-state index contributed by atoms with van der Waals surface area (Å²) in [7, 11) is 0. The van der Waals surface area contributed by atoms with Crippen molar-refractivity contribution in [3.05, 3.63) is 108 Å². The van der Waals surface area contributed by atoms with Gasteiger partial charge in [-0.2, -0.15) is 0 Å². The van der Waals surface area contributed by atoms with E-state index in [1.807, 2.05) is 78.9 Å². The third-order valence-corrected chi connectivity index (χ3v) is 5.48. The highest BCUT2D eigenvalue weighted by Gasteiger charge is 2.53. The molecule has 1 aliphatic heterocycles. The molecule has 1 aliphatic rings. The van der Waals surface area contributed by atoms with Gasteiger partial charge in [0.2, 0.25) is 0 Å². The van der Waals surface area contributed by atoms with E-state index in [1.54, 1.807) is 17.0 Å². The summed E-state index contributed by atoms with van der Waals surface area (Å²) in [5, 5.41) is 21.8. The lowest BCUT2D eigenvalue weighted by Gasteiger charge is -2.49. The second-order valence-electron chi connectivity index (χ2n) is 7.51. The maximum absolute atomic E-state index is 12.9. The zero-order valence-electron chi connectivity index (χ0n) is 16.5. The topological polar surface area (TPSA) is 70.0 Å². The van der Waals surface area contributed by atoms with Crippen LogP contribution in [0.1, 0.15) is 22.8 Å². The minimum absolute atomic E-state index is 0.181. The monoisotopic (exact) mass is 403 g/mol. The summed E-state index contributed by atoms with van der Waals surface area (Å²) in [6.45, 7) is 0.620. The summed E-state index contributed by atoms with van der Waals surface area (Å²) in [6.07, 6.45) is -3.10. The first-order valence-electron chi connectivity index (χ1n) is 10.1. The average molecular weight is 403 g/mol. The van der Waals surface area contributed by atoms with Crippen LogP contribution in [0.2, 0.25) is 0 Å². The lowest BCUT2D eigenvalue weighted by Crippen LogP contribution is -2.70. The summed E-state index contributed by atoms with van der Waals surface area (Å²) < 4.78 is 5.90. The van der Waals surface area contributed by atoms with E-state index in [4.69, 9.17) is 4.74 Å². The highest BCUT2D eigenvalue weighted by Crippen LogP contribution is 2.33. The molecule has 1 fully saturated rings. The predicted octanol–water partition coefficient (Wildman–Crippen LogP) is 3.08. The summed E-state index contributed by atoms with van der Waals surface area (Å²) in [5.41, 5.74) is 2.51. The number of benzene rings is 3. The molecule has 0 unspecified atom stereocenters. The Kier molecular flexibility index (Phi) is 6.23. The Labute approximate surface area is 176 Å². The quantitative estimate of drug-likeness (QED) is 0.567. The highest BCUT2D eigenvalue weighted by molar-refractivity contribution is 5.88. The van der Waals surface area contributed by atoms with Crippen molar-refractivity contribution in [2.75, 3.05) is 0 Å². The van der Waals surface area contributed by atoms with Crippen LogP contribution in [-0.4, -0.2) is 39.3 Å². The van der Waals surface area contributed by atoms with Crippen molar-refractivity contribution in [2.45, 2.75) is 37.5 Å².